The van der Waals surface area contributed by atoms with Crippen LogP contribution < -0.4 is 5.32 Å². The molecule has 5 nitrogen and oxygen atoms in total. The lowest BCUT2D eigenvalue weighted by Crippen LogP contribution is -2.47. The lowest BCUT2D eigenvalue weighted by Gasteiger charge is -2.28. The number of likely N-dealkylation sites (tertiary alicyclic amines) is 2. The predicted octanol–water partition coefficient (Wildman–Crippen LogP) is 2.33. The Labute approximate surface area is 141 Å². The van der Waals surface area contributed by atoms with Gasteiger partial charge in [-0.25, -0.2) is 0 Å². The molecular formula is C18H34N4O. The fourth-order valence-electron chi connectivity index (χ4n) is 4.06. The van der Waals surface area contributed by atoms with Gasteiger partial charge in [0, 0.05) is 33.2 Å². The van der Waals surface area contributed by atoms with Gasteiger partial charge >= 0.3 is 0 Å². The lowest BCUT2D eigenvalue weighted by atomic mass is 9.87. The molecule has 0 aromatic rings. The lowest BCUT2D eigenvalue weighted by molar-refractivity contribution is -0.130. The van der Waals surface area contributed by atoms with E-state index in [0.717, 1.165) is 56.8 Å². The monoisotopic (exact) mass is 322 g/mol. The van der Waals surface area contributed by atoms with Crippen LogP contribution in [0.15, 0.2) is 4.99 Å². The maximum absolute atomic E-state index is 12.3. The summed E-state index contributed by atoms with van der Waals surface area (Å²) in [6.07, 6.45) is 7.30. The summed E-state index contributed by atoms with van der Waals surface area (Å²) in [5.74, 6) is 2.68. The summed E-state index contributed by atoms with van der Waals surface area (Å²) in [7, 11) is 1.82. The minimum Gasteiger partial charge on any atom is -0.347 e. The van der Waals surface area contributed by atoms with Gasteiger partial charge in [-0.2, -0.15) is 0 Å². The van der Waals surface area contributed by atoms with Gasteiger partial charge in [0.2, 0.25) is 5.91 Å². The van der Waals surface area contributed by atoms with Crippen molar-refractivity contribution >= 4 is 11.9 Å². The van der Waals surface area contributed by atoms with Gasteiger partial charge in [-0.1, -0.05) is 26.7 Å². The topological polar surface area (TPSA) is 47.9 Å². The molecule has 2 heterocycles. The Morgan fingerprint density at radius 1 is 1.13 bits per heavy atom. The first-order valence-corrected chi connectivity index (χ1v) is 9.42. The second kappa shape index (κ2) is 9.14. The van der Waals surface area contributed by atoms with Crippen molar-refractivity contribution in [1.29, 1.82) is 0 Å². The van der Waals surface area contributed by atoms with Crippen LogP contribution >= 0.6 is 0 Å². The number of carbonyl (C=O) groups is 1. The molecule has 0 aromatic carbocycles. The van der Waals surface area contributed by atoms with Crippen LogP contribution in [0.5, 0.6) is 0 Å². The number of nitrogens with one attached hydrogen (secondary N) is 1. The maximum atomic E-state index is 12.3. The zero-order chi connectivity index (χ0) is 16.7. The summed E-state index contributed by atoms with van der Waals surface area (Å²) in [5.41, 5.74) is 0. The van der Waals surface area contributed by atoms with Gasteiger partial charge in [0.25, 0.3) is 0 Å². The van der Waals surface area contributed by atoms with Crippen LogP contribution in [0, 0.1) is 11.8 Å². The summed E-state index contributed by atoms with van der Waals surface area (Å²) in [6.45, 7) is 8.92. The number of piperidine rings is 1. The quantitative estimate of drug-likeness (QED) is 0.624. The summed E-state index contributed by atoms with van der Waals surface area (Å²) in [6, 6.07) is 0. The fourth-order valence-corrected chi connectivity index (χ4v) is 4.06. The van der Waals surface area contributed by atoms with E-state index in [4.69, 9.17) is 0 Å². The molecule has 1 atom stereocenters. The van der Waals surface area contributed by atoms with Crippen LogP contribution in [0.1, 0.15) is 52.4 Å². The molecule has 1 amide bonds. The van der Waals surface area contributed by atoms with Crippen LogP contribution in [0.2, 0.25) is 0 Å². The Balaban J connectivity index is 1.80. The zero-order valence-electron chi connectivity index (χ0n) is 15.2. The van der Waals surface area contributed by atoms with E-state index in [2.05, 4.69) is 29.1 Å². The molecule has 1 N–H and O–H groups in total. The van der Waals surface area contributed by atoms with Gasteiger partial charge in [-0.05, 0) is 37.5 Å². The number of amides is 1. The first-order chi connectivity index (χ1) is 11.2. The molecule has 2 aliphatic heterocycles. The number of rotatable bonds is 5. The molecule has 132 valence electrons. The Kier molecular flexibility index (Phi) is 7.18. The SMILES string of the molecule is CCC(CC)C1CCN(C(=NC)NCC(=O)N2CCCCC2)C1. The van der Waals surface area contributed by atoms with Crippen molar-refractivity contribution in [3.8, 4) is 0 Å². The number of nitrogens with zero attached hydrogens (tertiary/aromatic N) is 3. The van der Waals surface area contributed by atoms with E-state index >= 15 is 0 Å². The van der Waals surface area contributed by atoms with E-state index in [1.165, 1.54) is 25.7 Å². The van der Waals surface area contributed by atoms with Crippen LogP contribution in [-0.2, 0) is 4.79 Å². The molecule has 23 heavy (non-hydrogen) atoms. The first kappa shape index (κ1) is 18.1. The number of carbonyl (C=O) groups excluding carboxylic acids is 1. The highest BCUT2D eigenvalue weighted by Gasteiger charge is 2.29. The largest absolute Gasteiger partial charge is 0.347 e. The van der Waals surface area contributed by atoms with Crippen molar-refractivity contribution in [2.24, 2.45) is 16.8 Å². The molecule has 2 fully saturated rings. The molecule has 0 bridgehead atoms. The molecule has 0 radical (unpaired) electrons. The molecule has 1 unspecified atom stereocenters. The molecule has 0 saturated carbocycles. The summed E-state index contributed by atoms with van der Waals surface area (Å²) >= 11 is 0. The molecule has 5 heteroatoms. The molecule has 0 aromatic heterocycles. The van der Waals surface area contributed by atoms with Crippen LogP contribution in [0.25, 0.3) is 0 Å². The first-order valence-electron chi connectivity index (χ1n) is 9.42. The summed E-state index contributed by atoms with van der Waals surface area (Å²) in [4.78, 5) is 21.0. The number of guanidine groups is 1. The molecule has 0 aliphatic carbocycles. The van der Waals surface area contributed by atoms with Crippen molar-refractivity contribution < 1.29 is 4.79 Å². The van der Waals surface area contributed by atoms with Crippen molar-refractivity contribution in [3.63, 3.8) is 0 Å². The van der Waals surface area contributed by atoms with Gasteiger partial charge in [0.15, 0.2) is 5.96 Å². The molecule has 2 aliphatic rings. The standard InChI is InChI=1S/C18H34N4O/c1-4-15(5-2)16-9-12-22(14-16)18(19-3)20-13-17(23)21-10-7-6-8-11-21/h15-16H,4-14H2,1-3H3,(H,19,20). The van der Waals surface area contributed by atoms with Crippen LogP contribution in [-0.4, -0.2) is 61.4 Å². The van der Waals surface area contributed by atoms with E-state index < -0.39 is 0 Å². The van der Waals surface area contributed by atoms with Crippen molar-refractivity contribution in [1.82, 2.24) is 15.1 Å². The minimum absolute atomic E-state index is 0.210. The Morgan fingerprint density at radius 2 is 1.83 bits per heavy atom. The summed E-state index contributed by atoms with van der Waals surface area (Å²) in [5, 5.41) is 3.29. The number of hydrogen-bond donors (Lipinski definition) is 1. The highest BCUT2D eigenvalue weighted by molar-refractivity contribution is 5.86. The van der Waals surface area contributed by atoms with Crippen molar-refractivity contribution in [3.05, 3.63) is 0 Å². The van der Waals surface area contributed by atoms with E-state index in [1.807, 2.05) is 11.9 Å². The number of aliphatic imine (C=N–C) groups is 1. The Hall–Kier alpha value is -1.26. The van der Waals surface area contributed by atoms with Gasteiger partial charge in [-0.15, -0.1) is 0 Å². The Bertz CT molecular complexity index is 400. The van der Waals surface area contributed by atoms with Crippen molar-refractivity contribution in [2.45, 2.75) is 52.4 Å². The van der Waals surface area contributed by atoms with E-state index in [0.29, 0.717) is 6.54 Å². The van der Waals surface area contributed by atoms with Crippen LogP contribution in [0.3, 0.4) is 0 Å². The second-order valence-corrected chi connectivity index (χ2v) is 6.91. The molecule has 0 spiro atoms. The highest BCUT2D eigenvalue weighted by Crippen LogP contribution is 2.28. The van der Waals surface area contributed by atoms with Gasteiger partial charge in [0.1, 0.15) is 0 Å². The zero-order valence-corrected chi connectivity index (χ0v) is 15.2. The van der Waals surface area contributed by atoms with E-state index in [9.17, 15) is 4.79 Å². The average Bonchev–Trinajstić information content (AvgIpc) is 3.07. The number of hydrogen-bond acceptors (Lipinski definition) is 2. The third kappa shape index (κ3) is 4.85. The second-order valence-electron chi connectivity index (χ2n) is 6.91. The van der Waals surface area contributed by atoms with Gasteiger partial charge < -0.3 is 15.1 Å². The predicted molar refractivity (Wildman–Crippen MR) is 95.5 cm³/mol. The normalized spacial score (nSPS) is 22.8. The minimum atomic E-state index is 0.210. The fraction of sp³-hybridized carbons (Fsp3) is 0.889. The summed E-state index contributed by atoms with van der Waals surface area (Å²) < 4.78 is 0. The smallest absolute Gasteiger partial charge is 0.241 e. The van der Waals surface area contributed by atoms with Crippen molar-refractivity contribution in [2.75, 3.05) is 39.8 Å². The molecular weight excluding hydrogens is 288 g/mol. The average molecular weight is 322 g/mol. The van der Waals surface area contributed by atoms with Gasteiger partial charge in [-0.3, -0.25) is 9.79 Å². The highest BCUT2D eigenvalue weighted by atomic mass is 16.2. The Morgan fingerprint density at radius 3 is 2.43 bits per heavy atom. The maximum Gasteiger partial charge on any atom is 0.241 e. The van der Waals surface area contributed by atoms with Crippen LogP contribution in [0.4, 0.5) is 0 Å². The third-order valence-corrected chi connectivity index (χ3v) is 5.56. The van der Waals surface area contributed by atoms with E-state index in [-0.39, 0.29) is 5.91 Å². The third-order valence-electron chi connectivity index (χ3n) is 5.56. The van der Waals surface area contributed by atoms with E-state index in [1.54, 1.807) is 0 Å². The molecule has 2 saturated heterocycles. The molecule has 2 rings (SSSR count). The van der Waals surface area contributed by atoms with Gasteiger partial charge in [0.05, 0.1) is 6.54 Å².